The van der Waals surface area contributed by atoms with E-state index in [9.17, 15) is 13.2 Å². The number of hydrogen-bond donors (Lipinski definition) is 0. The number of halogens is 4. The van der Waals surface area contributed by atoms with Gasteiger partial charge in [0.25, 0.3) is 0 Å². The third kappa shape index (κ3) is 7.22. The van der Waals surface area contributed by atoms with Gasteiger partial charge in [-0.3, -0.25) is 0 Å². The highest BCUT2D eigenvalue weighted by Gasteiger charge is 2.26. The molecular formula is C34H36F4O2. The van der Waals surface area contributed by atoms with Crippen LogP contribution in [0.25, 0.3) is 23.3 Å². The molecule has 0 N–H and O–H groups in total. The molecule has 1 aliphatic rings. The second kappa shape index (κ2) is 14.3. The van der Waals surface area contributed by atoms with Crippen LogP contribution >= 0.6 is 0 Å². The molecule has 0 unspecified atom stereocenters. The van der Waals surface area contributed by atoms with Gasteiger partial charge in [-0.2, -0.15) is 4.39 Å². The van der Waals surface area contributed by atoms with Gasteiger partial charge in [-0.05, 0) is 73.3 Å². The Morgan fingerprint density at radius 1 is 0.800 bits per heavy atom. The third-order valence-electron chi connectivity index (χ3n) is 7.41. The van der Waals surface area contributed by atoms with Crippen molar-refractivity contribution in [3.63, 3.8) is 0 Å². The van der Waals surface area contributed by atoms with Gasteiger partial charge in [0.2, 0.25) is 5.82 Å². The lowest BCUT2D eigenvalue weighted by molar-refractivity contribution is 0.0230. The maximum absolute atomic E-state index is 15.0. The Balaban J connectivity index is 1.40. The van der Waals surface area contributed by atoms with Crippen LogP contribution in [0.2, 0.25) is 0 Å². The second-order valence-electron chi connectivity index (χ2n) is 10.2. The fourth-order valence-corrected chi connectivity index (χ4v) is 5.04. The van der Waals surface area contributed by atoms with Crippen LogP contribution in [0.1, 0.15) is 74.5 Å². The van der Waals surface area contributed by atoms with Gasteiger partial charge in [0.05, 0.1) is 12.7 Å². The van der Waals surface area contributed by atoms with E-state index in [1.54, 1.807) is 48.6 Å². The highest BCUT2D eigenvalue weighted by atomic mass is 19.2. The predicted molar refractivity (Wildman–Crippen MR) is 153 cm³/mol. The van der Waals surface area contributed by atoms with Gasteiger partial charge in [0.15, 0.2) is 23.2 Å². The van der Waals surface area contributed by atoms with Crippen LogP contribution in [0.4, 0.5) is 17.6 Å². The summed E-state index contributed by atoms with van der Waals surface area (Å²) in [5, 5.41) is 0. The van der Waals surface area contributed by atoms with Gasteiger partial charge < -0.3 is 9.47 Å². The maximum atomic E-state index is 15.0. The van der Waals surface area contributed by atoms with E-state index in [1.165, 1.54) is 18.2 Å². The molecule has 0 bridgehead atoms. The smallest absolute Gasteiger partial charge is 0.201 e. The highest BCUT2D eigenvalue weighted by Crippen LogP contribution is 2.37. The van der Waals surface area contributed by atoms with Crippen molar-refractivity contribution >= 4 is 12.2 Å². The summed E-state index contributed by atoms with van der Waals surface area (Å²) in [6.45, 7) is 6.67. The summed E-state index contributed by atoms with van der Waals surface area (Å²) in [5.41, 5.74) is 1.88. The van der Waals surface area contributed by atoms with Crippen LogP contribution in [-0.2, 0) is 4.74 Å². The summed E-state index contributed by atoms with van der Waals surface area (Å²) >= 11 is 0. The molecule has 1 aliphatic carbocycles. The van der Waals surface area contributed by atoms with Gasteiger partial charge in [-0.15, -0.1) is 6.58 Å². The molecule has 0 aromatic heterocycles. The zero-order valence-corrected chi connectivity index (χ0v) is 22.9. The Bertz CT molecular complexity index is 1310. The topological polar surface area (TPSA) is 18.5 Å². The standard InChI is InChI=1S/C34H36F4O2/c1-3-5-21-39-27-16-13-25(14-17-27)28-18-15-26(31(35)32(28)36)12-9-23-7-10-24(11-8-23)29-19-20-30(34(38)33(29)37)40-22-6-4-2/h4,7-12,15,18-20,25,27H,2-3,5-6,13-14,16-17,21-22H2,1H3/b12-9+. The van der Waals surface area contributed by atoms with E-state index < -0.39 is 23.3 Å². The van der Waals surface area contributed by atoms with Crippen LogP contribution in [0.3, 0.4) is 0 Å². The maximum Gasteiger partial charge on any atom is 0.201 e. The van der Waals surface area contributed by atoms with Gasteiger partial charge in [-0.25, -0.2) is 13.2 Å². The molecule has 3 aromatic carbocycles. The Morgan fingerprint density at radius 2 is 1.55 bits per heavy atom. The zero-order chi connectivity index (χ0) is 28.5. The third-order valence-corrected chi connectivity index (χ3v) is 7.41. The van der Waals surface area contributed by atoms with Gasteiger partial charge in [0, 0.05) is 17.7 Å². The van der Waals surface area contributed by atoms with Gasteiger partial charge in [0.1, 0.15) is 0 Å². The molecule has 1 saturated carbocycles. The second-order valence-corrected chi connectivity index (χ2v) is 10.2. The molecule has 40 heavy (non-hydrogen) atoms. The minimum Gasteiger partial charge on any atom is -0.490 e. The van der Waals surface area contributed by atoms with Crippen molar-refractivity contribution in [2.24, 2.45) is 0 Å². The molecular weight excluding hydrogens is 516 g/mol. The van der Waals surface area contributed by atoms with Crippen molar-refractivity contribution in [2.75, 3.05) is 13.2 Å². The quantitative estimate of drug-likeness (QED) is 0.0963. The average Bonchev–Trinajstić information content (AvgIpc) is 2.97. The lowest BCUT2D eigenvalue weighted by Crippen LogP contribution is -2.22. The summed E-state index contributed by atoms with van der Waals surface area (Å²) in [4.78, 5) is 0. The molecule has 0 aliphatic heterocycles. The normalized spacial score (nSPS) is 17.3. The van der Waals surface area contributed by atoms with Crippen molar-refractivity contribution in [1.82, 2.24) is 0 Å². The van der Waals surface area contributed by atoms with Crippen molar-refractivity contribution in [3.05, 3.63) is 101 Å². The molecule has 212 valence electrons. The lowest BCUT2D eigenvalue weighted by Gasteiger charge is -2.29. The molecule has 0 amide bonds. The molecule has 2 nitrogen and oxygen atoms in total. The Hall–Kier alpha value is -3.38. The van der Waals surface area contributed by atoms with E-state index in [2.05, 4.69) is 13.5 Å². The summed E-state index contributed by atoms with van der Waals surface area (Å²) in [5.74, 6) is -3.84. The van der Waals surface area contributed by atoms with Crippen molar-refractivity contribution < 1.29 is 27.0 Å². The molecule has 0 atom stereocenters. The minimum absolute atomic E-state index is 0.0101. The SMILES string of the molecule is C=CCCOc1ccc(-c2ccc(/C=C/c3ccc(C4CCC(OCCCC)CC4)c(F)c3F)cc2)c(F)c1F. The van der Waals surface area contributed by atoms with Crippen LogP contribution in [0, 0.1) is 23.3 Å². The summed E-state index contributed by atoms with van der Waals surface area (Å²) in [6, 6.07) is 12.9. The van der Waals surface area contributed by atoms with Gasteiger partial charge in [-0.1, -0.05) is 68.0 Å². The molecule has 0 saturated heterocycles. The van der Waals surface area contributed by atoms with Crippen molar-refractivity contribution in [3.8, 4) is 16.9 Å². The largest absolute Gasteiger partial charge is 0.490 e. The molecule has 6 heteroatoms. The first-order valence-corrected chi connectivity index (χ1v) is 14.0. The first-order chi connectivity index (χ1) is 19.4. The van der Waals surface area contributed by atoms with Crippen LogP contribution in [0.5, 0.6) is 5.75 Å². The van der Waals surface area contributed by atoms with Crippen LogP contribution in [-0.4, -0.2) is 19.3 Å². The molecule has 3 aromatic rings. The number of unbranched alkanes of at least 4 members (excludes halogenated alkanes) is 1. The summed E-state index contributed by atoms with van der Waals surface area (Å²) in [6.07, 6.45) is 11.0. The number of ether oxygens (including phenoxy) is 2. The fraction of sp³-hybridized carbons (Fsp3) is 0.353. The number of hydrogen-bond acceptors (Lipinski definition) is 2. The van der Waals surface area contributed by atoms with Crippen LogP contribution < -0.4 is 4.74 Å². The predicted octanol–water partition coefficient (Wildman–Crippen LogP) is 9.88. The molecule has 0 radical (unpaired) electrons. The van der Waals surface area contributed by atoms with Gasteiger partial charge >= 0.3 is 0 Å². The molecule has 0 spiro atoms. The zero-order valence-electron chi connectivity index (χ0n) is 22.9. The summed E-state index contributed by atoms with van der Waals surface area (Å²) < 4.78 is 70.3. The Morgan fingerprint density at radius 3 is 2.25 bits per heavy atom. The van der Waals surface area contributed by atoms with E-state index in [-0.39, 0.29) is 35.5 Å². The Kier molecular flexibility index (Phi) is 10.6. The average molecular weight is 553 g/mol. The Labute approximate surface area is 234 Å². The van der Waals surface area contributed by atoms with E-state index in [4.69, 9.17) is 9.47 Å². The summed E-state index contributed by atoms with van der Waals surface area (Å²) in [7, 11) is 0. The minimum atomic E-state index is -1.04. The fourth-order valence-electron chi connectivity index (χ4n) is 5.04. The van der Waals surface area contributed by atoms with Crippen molar-refractivity contribution in [2.45, 2.75) is 63.9 Å². The highest BCUT2D eigenvalue weighted by molar-refractivity contribution is 5.73. The molecule has 4 rings (SSSR count). The molecule has 1 fully saturated rings. The van der Waals surface area contributed by atoms with E-state index in [0.29, 0.717) is 23.1 Å². The lowest BCUT2D eigenvalue weighted by atomic mass is 9.82. The van der Waals surface area contributed by atoms with Crippen LogP contribution in [0.15, 0.2) is 61.2 Å². The van der Waals surface area contributed by atoms with E-state index in [0.717, 1.165) is 45.1 Å². The number of benzene rings is 3. The molecule has 0 heterocycles. The first-order valence-electron chi connectivity index (χ1n) is 14.0. The van der Waals surface area contributed by atoms with E-state index >= 15 is 4.39 Å². The monoisotopic (exact) mass is 552 g/mol. The van der Waals surface area contributed by atoms with E-state index in [1.807, 2.05) is 0 Å². The number of rotatable bonds is 12. The first kappa shape index (κ1) is 29.6. The van der Waals surface area contributed by atoms with Crippen molar-refractivity contribution in [1.29, 1.82) is 0 Å².